The minimum Gasteiger partial charge on any atom is -0.479 e. The van der Waals surface area contributed by atoms with Gasteiger partial charge >= 0.3 is 17.9 Å². The van der Waals surface area contributed by atoms with Crippen LogP contribution in [0.1, 0.15) is 47.9 Å². The van der Waals surface area contributed by atoms with Crippen molar-refractivity contribution < 1.29 is 34.1 Å². The second kappa shape index (κ2) is 8.89. The predicted octanol–water partition coefficient (Wildman–Crippen LogP) is 1.48. The molecule has 1 unspecified atom stereocenters. The zero-order valence-corrected chi connectivity index (χ0v) is 13.1. The molecule has 1 aromatic carbocycles. The van der Waals surface area contributed by atoms with Crippen molar-refractivity contribution in [3.63, 3.8) is 0 Å². The number of hydrogen-bond donors (Lipinski definition) is 2. The molecular weight excluding hydrogens is 304 g/mol. The fraction of sp³-hybridized carbons (Fsp3) is 0.438. The summed E-state index contributed by atoms with van der Waals surface area (Å²) in [4.78, 5) is 34.2. The molecule has 0 saturated carbocycles. The van der Waals surface area contributed by atoms with Crippen LogP contribution in [0.4, 0.5) is 0 Å². The van der Waals surface area contributed by atoms with Crippen LogP contribution in [0.3, 0.4) is 0 Å². The van der Waals surface area contributed by atoms with Crippen molar-refractivity contribution in [3.8, 4) is 0 Å². The number of carbonyl (C=O) groups excluding carboxylic acids is 2. The molecule has 1 aromatic rings. The molecule has 1 atom stereocenters. The summed E-state index contributed by atoms with van der Waals surface area (Å²) in [5.41, 5.74) is 0.750. The third-order valence-corrected chi connectivity index (χ3v) is 3.09. The monoisotopic (exact) mass is 324 g/mol. The summed E-state index contributed by atoms with van der Waals surface area (Å²) in [6.45, 7) is 3.80. The zero-order valence-electron chi connectivity index (χ0n) is 13.1. The van der Waals surface area contributed by atoms with Gasteiger partial charge in [-0.2, -0.15) is 0 Å². The topological polar surface area (TPSA) is 110 Å². The summed E-state index contributed by atoms with van der Waals surface area (Å²) in [5.74, 6) is -2.41. The molecule has 126 valence electrons. The van der Waals surface area contributed by atoms with Crippen LogP contribution in [0, 0.1) is 0 Å². The van der Waals surface area contributed by atoms with E-state index < -0.39 is 24.0 Å². The summed E-state index contributed by atoms with van der Waals surface area (Å²) in [5, 5.41) is 18.7. The van der Waals surface area contributed by atoms with Crippen molar-refractivity contribution in [2.75, 3.05) is 13.2 Å². The van der Waals surface area contributed by atoms with E-state index in [0.29, 0.717) is 5.56 Å². The van der Waals surface area contributed by atoms with E-state index in [1.807, 2.05) is 0 Å². The Labute approximate surface area is 133 Å². The molecule has 0 aliphatic heterocycles. The first-order valence-corrected chi connectivity index (χ1v) is 7.27. The van der Waals surface area contributed by atoms with Crippen molar-refractivity contribution in [1.29, 1.82) is 0 Å². The van der Waals surface area contributed by atoms with Crippen LogP contribution in [-0.2, 0) is 25.5 Å². The van der Waals surface area contributed by atoms with Crippen LogP contribution in [0.15, 0.2) is 18.2 Å². The van der Waals surface area contributed by atoms with Crippen LogP contribution in [0.25, 0.3) is 0 Å². The van der Waals surface area contributed by atoms with Crippen molar-refractivity contribution in [2.45, 2.75) is 32.8 Å². The van der Waals surface area contributed by atoms with Gasteiger partial charge in [0.05, 0.1) is 18.8 Å². The normalized spacial score (nSPS) is 11.6. The van der Waals surface area contributed by atoms with Gasteiger partial charge in [-0.25, -0.2) is 9.59 Å². The maximum absolute atomic E-state index is 11.8. The third-order valence-electron chi connectivity index (χ3n) is 3.09. The van der Waals surface area contributed by atoms with Gasteiger partial charge in [-0.3, -0.25) is 4.79 Å². The van der Waals surface area contributed by atoms with Crippen LogP contribution >= 0.6 is 0 Å². The van der Waals surface area contributed by atoms with Gasteiger partial charge in [0.25, 0.3) is 0 Å². The van der Waals surface area contributed by atoms with E-state index in [9.17, 15) is 19.5 Å². The van der Waals surface area contributed by atoms with Crippen LogP contribution in [-0.4, -0.2) is 41.3 Å². The highest BCUT2D eigenvalue weighted by Gasteiger charge is 2.21. The number of rotatable bonds is 8. The number of esters is 2. The number of carboxylic acids is 1. The second-order valence-corrected chi connectivity index (χ2v) is 4.68. The van der Waals surface area contributed by atoms with Crippen molar-refractivity contribution in [2.24, 2.45) is 0 Å². The van der Waals surface area contributed by atoms with Crippen LogP contribution < -0.4 is 0 Å². The molecule has 23 heavy (non-hydrogen) atoms. The maximum atomic E-state index is 11.8. The molecule has 0 fully saturated rings. The number of aryl methyl sites for hydroxylation is 1. The van der Waals surface area contributed by atoms with Crippen molar-refractivity contribution in [1.82, 2.24) is 0 Å². The number of aliphatic hydroxyl groups excluding tert-OH is 1. The van der Waals surface area contributed by atoms with Gasteiger partial charge in [-0.05, 0) is 43.5 Å². The molecular formula is C16H20O7. The van der Waals surface area contributed by atoms with E-state index in [-0.39, 0.29) is 37.2 Å². The average Bonchev–Trinajstić information content (AvgIpc) is 2.52. The Morgan fingerprint density at radius 2 is 1.78 bits per heavy atom. The highest BCUT2D eigenvalue weighted by Crippen LogP contribution is 2.22. The zero-order chi connectivity index (χ0) is 17.4. The first-order valence-electron chi connectivity index (χ1n) is 7.27. The largest absolute Gasteiger partial charge is 0.479 e. The molecule has 0 amide bonds. The lowest BCUT2D eigenvalue weighted by Gasteiger charge is -2.14. The van der Waals surface area contributed by atoms with Gasteiger partial charge in [0, 0.05) is 6.42 Å². The molecule has 7 nitrogen and oxygen atoms in total. The summed E-state index contributed by atoms with van der Waals surface area (Å²) >= 11 is 0. The Hall–Kier alpha value is -2.41. The number of hydrogen-bond acceptors (Lipinski definition) is 6. The smallest absolute Gasteiger partial charge is 0.338 e. The highest BCUT2D eigenvalue weighted by molar-refractivity contribution is 5.90. The lowest BCUT2D eigenvalue weighted by atomic mass is 9.96. The standard InChI is InChI=1S/C16H20O7/c1-3-22-13(17)8-6-10-9-11(16(21)23-4-2)5-7-12(10)14(18)15(19)20/h5,7,9,14,18H,3-4,6,8H2,1-2H3,(H,19,20). The number of aliphatic hydroxyl groups is 1. The quantitative estimate of drug-likeness (QED) is 0.697. The lowest BCUT2D eigenvalue weighted by molar-refractivity contribution is -0.147. The summed E-state index contributed by atoms with van der Waals surface area (Å²) in [6.07, 6.45) is -1.57. The van der Waals surface area contributed by atoms with Gasteiger partial charge in [0.1, 0.15) is 0 Å². The molecule has 7 heteroatoms. The minimum absolute atomic E-state index is 0.0134. The Kier molecular flexibility index (Phi) is 7.21. The van der Waals surface area contributed by atoms with Crippen molar-refractivity contribution >= 4 is 17.9 Å². The number of carboxylic acid groups (broad SMARTS) is 1. The maximum Gasteiger partial charge on any atom is 0.338 e. The van der Waals surface area contributed by atoms with Crippen LogP contribution in [0.5, 0.6) is 0 Å². The van der Waals surface area contributed by atoms with E-state index in [1.165, 1.54) is 18.2 Å². The fourth-order valence-corrected chi connectivity index (χ4v) is 2.03. The van der Waals surface area contributed by atoms with E-state index in [1.54, 1.807) is 13.8 Å². The lowest BCUT2D eigenvalue weighted by Crippen LogP contribution is -2.15. The molecule has 0 heterocycles. The van der Waals surface area contributed by atoms with Gasteiger partial charge in [0.15, 0.2) is 6.10 Å². The Bertz CT molecular complexity index is 580. The summed E-state index contributed by atoms with van der Waals surface area (Å²) in [6, 6.07) is 4.16. The van der Waals surface area contributed by atoms with E-state index in [2.05, 4.69) is 0 Å². The van der Waals surface area contributed by atoms with E-state index in [0.717, 1.165) is 0 Å². The Morgan fingerprint density at radius 3 is 2.35 bits per heavy atom. The van der Waals surface area contributed by atoms with E-state index >= 15 is 0 Å². The summed E-state index contributed by atoms with van der Waals surface area (Å²) in [7, 11) is 0. The van der Waals surface area contributed by atoms with E-state index in [4.69, 9.17) is 14.6 Å². The summed E-state index contributed by atoms with van der Waals surface area (Å²) < 4.78 is 9.70. The number of carbonyl (C=O) groups is 3. The minimum atomic E-state index is -1.73. The molecule has 0 bridgehead atoms. The first-order chi connectivity index (χ1) is 10.9. The number of aliphatic carboxylic acids is 1. The molecule has 1 rings (SSSR count). The predicted molar refractivity (Wildman–Crippen MR) is 79.9 cm³/mol. The Morgan fingerprint density at radius 1 is 1.13 bits per heavy atom. The first kappa shape index (κ1) is 18.6. The fourth-order valence-electron chi connectivity index (χ4n) is 2.03. The number of ether oxygens (including phenoxy) is 2. The Balaban J connectivity index is 3.07. The second-order valence-electron chi connectivity index (χ2n) is 4.68. The molecule has 0 saturated heterocycles. The molecule has 2 N–H and O–H groups in total. The molecule has 0 aromatic heterocycles. The number of benzene rings is 1. The van der Waals surface area contributed by atoms with Gasteiger partial charge in [-0.1, -0.05) is 6.07 Å². The molecule has 0 radical (unpaired) electrons. The van der Waals surface area contributed by atoms with Gasteiger partial charge < -0.3 is 19.7 Å². The van der Waals surface area contributed by atoms with Gasteiger partial charge in [0.2, 0.25) is 0 Å². The molecule has 0 aliphatic rings. The average molecular weight is 324 g/mol. The third kappa shape index (κ3) is 5.37. The van der Waals surface area contributed by atoms with Crippen LogP contribution in [0.2, 0.25) is 0 Å². The highest BCUT2D eigenvalue weighted by atomic mass is 16.5. The van der Waals surface area contributed by atoms with Crippen molar-refractivity contribution in [3.05, 3.63) is 34.9 Å². The SMILES string of the molecule is CCOC(=O)CCc1cc(C(=O)OCC)ccc1C(O)C(=O)O. The molecule has 0 spiro atoms. The van der Waals surface area contributed by atoms with Gasteiger partial charge in [-0.15, -0.1) is 0 Å². The molecule has 0 aliphatic carbocycles.